The molecule has 0 spiro atoms. The van der Waals surface area contributed by atoms with E-state index in [-0.39, 0.29) is 5.39 Å². The van der Waals surface area contributed by atoms with Crippen LogP contribution >= 0.6 is 12.2 Å². The molecule has 2 rings (SSSR count). The van der Waals surface area contributed by atoms with E-state index in [1.165, 1.54) is 10.8 Å². The number of halogens is 1. The number of hydrogen-bond donors (Lipinski definition) is 1. The molecule has 0 radical (unpaired) electrons. The molecular formula is C10H12FN3OS. The zero-order valence-corrected chi connectivity index (χ0v) is 10.1. The first-order valence-electron chi connectivity index (χ1n) is 4.84. The summed E-state index contributed by atoms with van der Waals surface area (Å²) in [6, 6.07) is 0. The van der Waals surface area contributed by atoms with Gasteiger partial charge in [-0.1, -0.05) is 13.8 Å². The molecule has 0 aromatic carbocycles. The number of fused-ring (bicyclic) bond motifs is 1. The average Bonchev–Trinajstić information content (AvgIpc) is 2.30. The van der Waals surface area contributed by atoms with Crippen molar-refractivity contribution in [2.45, 2.75) is 13.8 Å². The molecule has 2 aromatic rings. The molecule has 0 aliphatic carbocycles. The van der Waals surface area contributed by atoms with Gasteiger partial charge in [-0.2, -0.15) is 0 Å². The maximum absolute atomic E-state index is 12.9. The Bertz CT molecular complexity index is 617. The third-order valence-corrected chi connectivity index (χ3v) is 2.26. The van der Waals surface area contributed by atoms with E-state index in [4.69, 9.17) is 12.2 Å². The Hall–Kier alpha value is -1.56. The normalized spacial score (nSPS) is 9.75. The maximum Gasteiger partial charge on any atom is 0.228 e. The van der Waals surface area contributed by atoms with E-state index in [0.29, 0.717) is 10.4 Å². The molecule has 4 nitrogen and oxygen atoms in total. The quantitative estimate of drug-likeness (QED) is 0.719. The van der Waals surface area contributed by atoms with Crippen LogP contribution < -0.4 is 5.43 Å². The topological polar surface area (TPSA) is 50.7 Å². The molecule has 0 saturated carbocycles. The summed E-state index contributed by atoms with van der Waals surface area (Å²) in [6.07, 6.45) is 2.44. The van der Waals surface area contributed by atoms with Crippen LogP contribution in [0.4, 0.5) is 4.39 Å². The highest BCUT2D eigenvalue weighted by Crippen LogP contribution is 2.03. The van der Waals surface area contributed by atoms with Crippen molar-refractivity contribution in [3.8, 4) is 0 Å². The number of aromatic amines is 1. The molecule has 86 valence electrons. The molecule has 0 aliphatic rings. The molecule has 6 heteroatoms. The van der Waals surface area contributed by atoms with Gasteiger partial charge >= 0.3 is 0 Å². The van der Waals surface area contributed by atoms with Crippen molar-refractivity contribution >= 4 is 23.3 Å². The monoisotopic (exact) mass is 241 g/mol. The molecule has 0 fully saturated rings. The van der Waals surface area contributed by atoms with E-state index in [9.17, 15) is 9.18 Å². The Morgan fingerprint density at radius 3 is 2.75 bits per heavy atom. The van der Waals surface area contributed by atoms with Crippen LogP contribution in [0.3, 0.4) is 0 Å². The number of pyridine rings is 1. The fourth-order valence-electron chi connectivity index (χ4n) is 1.15. The van der Waals surface area contributed by atoms with Gasteiger partial charge in [-0.3, -0.25) is 4.79 Å². The molecule has 0 amide bonds. The van der Waals surface area contributed by atoms with Gasteiger partial charge in [0, 0.05) is 19.4 Å². The van der Waals surface area contributed by atoms with Crippen molar-refractivity contribution in [1.82, 2.24) is 14.5 Å². The third kappa shape index (κ3) is 2.16. The van der Waals surface area contributed by atoms with Gasteiger partial charge < -0.3 is 9.55 Å². The highest BCUT2D eigenvalue weighted by atomic mass is 32.1. The van der Waals surface area contributed by atoms with E-state index in [0.717, 1.165) is 6.20 Å². The predicted molar refractivity (Wildman–Crippen MR) is 63.5 cm³/mol. The zero-order chi connectivity index (χ0) is 12.3. The third-order valence-electron chi connectivity index (χ3n) is 1.88. The van der Waals surface area contributed by atoms with Gasteiger partial charge in [0.15, 0.2) is 5.82 Å². The number of H-pyrrole nitrogens is 1. The molecule has 0 bridgehead atoms. The predicted octanol–water partition coefficient (Wildman–Crippen LogP) is 2.16. The summed E-state index contributed by atoms with van der Waals surface area (Å²) in [6.45, 7) is 4.00. The number of nitrogens with one attached hydrogen (secondary N) is 1. The minimum atomic E-state index is -0.823. The second-order valence-corrected chi connectivity index (χ2v) is 3.23. The first-order valence-corrected chi connectivity index (χ1v) is 5.25. The van der Waals surface area contributed by atoms with Crippen molar-refractivity contribution in [3.05, 3.63) is 33.2 Å². The van der Waals surface area contributed by atoms with Gasteiger partial charge in [0.2, 0.25) is 10.2 Å². The van der Waals surface area contributed by atoms with Gasteiger partial charge in [-0.05, 0) is 12.2 Å². The molecule has 2 heterocycles. The lowest BCUT2D eigenvalue weighted by Crippen LogP contribution is -2.10. The first-order chi connectivity index (χ1) is 7.59. The average molecular weight is 241 g/mol. The zero-order valence-electron chi connectivity index (χ0n) is 9.24. The summed E-state index contributed by atoms with van der Waals surface area (Å²) in [7, 11) is 1.65. The SMILES string of the molecule is CC.Cn1cc2c(=O)c(F)c[nH]c2nc1=S. The van der Waals surface area contributed by atoms with Gasteiger partial charge in [0.1, 0.15) is 5.65 Å². The van der Waals surface area contributed by atoms with Crippen molar-refractivity contribution in [1.29, 1.82) is 0 Å². The van der Waals surface area contributed by atoms with Gasteiger partial charge in [0.25, 0.3) is 0 Å². The summed E-state index contributed by atoms with van der Waals surface area (Å²) < 4.78 is 14.7. The van der Waals surface area contributed by atoms with Crippen molar-refractivity contribution < 1.29 is 4.39 Å². The second-order valence-electron chi connectivity index (χ2n) is 2.86. The van der Waals surface area contributed by atoms with E-state index < -0.39 is 11.2 Å². The fraction of sp³-hybridized carbons (Fsp3) is 0.300. The molecule has 16 heavy (non-hydrogen) atoms. The molecule has 0 aliphatic heterocycles. The number of aryl methyl sites for hydroxylation is 1. The summed E-state index contributed by atoms with van der Waals surface area (Å²) >= 11 is 4.89. The standard InChI is InChI=1S/C8H6FN3OS.C2H6/c1-12-3-4-6(13)5(9)2-10-7(4)11-8(12)14;1-2/h2-3H,1H3,(H,10,11,14);1-2H3. The van der Waals surface area contributed by atoms with Crippen LogP contribution in [0.25, 0.3) is 11.0 Å². The van der Waals surface area contributed by atoms with E-state index in [2.05, 4.69) is 9.97 Å². The van der Waals surface area contributed by atoms with Crippen LogP contribution in [0.15, 0.2) is 17.2 Å². The Kier molecular flexibility index (Phi) is 3.89. The molecule has 1 N–H and O–H groups in total. The second kappa shape index (κ2) is 4.98. The minimum absolute atomic E-state index is 0.195. The van der Waals surface area contributed by atoms with Gasteiger partial charge in [-0.25, -0.2) is 9.37 Å². The fourth-order valence-corrected chi connectivity index (χ4v) is 1.29. The summed E-state index contributed by atoms with van der Waals surface area (Å²) in [5, 5.41) is 0.195. The Labute approximate surface area is 96.8 Å². The van der Waals surface area contributed by atoms with E-state index in [1.807, 2.05) is 13.8 Å². The minimum Gasteiger partial charge on any atom is -0.343 e. The highest BCUT2D eigenvalue weighted by molar-refractivity contribution is 7.71. The molecular weight excluding hydrogens is 229 g/mol. The smallest absolute Gasteiger partial charge is 0.228 e. The Morgan fingerprint density at radius 1 is 1.50 bits per heavy atom. The van der Waals surface area contributed by atoms with Crippen LogP contribution in [-0.4, -0.2) is 14.5 Å². The number of rotatable bonds is 0. The van der Waals surface area contributed by atoms with Crippen LogP contribution in [0.1, 0.15) is 13.8 Å². The van der Waals surface area contributed by atoms with Gasteiger partial charge in [-0.15, -0.1) is 0 Å². The van der Waals surface area contributed by atoms with E-state index >= 15 is 0 Å². The molecule has 0 unspecified atom stereocenters. The molecule has 0 saturated heterocycles. The van der Waals surface area contributed by atoms with Crippen LogP contribution in [0, 0.1) is 10.6 Å². The van der Waals surface area contributed by atoms with Crippen LogP contribution in [0.5, 0.6) is 0 Å². The lowest BCUT2D eigenvalue weighted by Gasteiger charge is -2.00. The number of nitrogens with zero attached hydrogens (tertiary/aromatic N) is 2. The lowest BCUT2D eigenvalue weighted by atomic mass is 10.3. The van der Waals surface area contributed by atoms with Crippen LogP contribution in [0.2, 0.25) is 0 Å². The Morgan fingerprint density at radius 2 is 2.12 bits per heavy atom. The Balaban J connectivity index is 0.000000606. The molecule has 0 atom stereocenters. The van der Waals surface area contributed by atoms with Crippen molar-refractivity contribution in [3.63, 3.8) is 0 Å². The van der Waals surface area contributed by atoms with Crippen LogP contribution in [-0.2, 0) is 7.05 Å². The molecule has 2 aromatic heterocycles. The number of aromatic nitrogens is 3. The highest BCUT2D eigenvalue weighted by Gasteiger charge is 2.05. The van der Waals surface area contributed by atoms with Gasteiger partial charge in [0.05, 0.1) is 5.39 Å². The van der Waals surface area contributed by atoms with Crippen molar-refractivity contribution in [2.75, 3.05) is 0 Å². The summed E-state index contributed by atoms with van der Waals surface area (Å²) in [4.78, 5) is 17.8. The summed E-state index contributed by atoms with van der Waals surface area (Å²) in [5.41, 5.74) is -0.364. The number of hydrogen-bond acceptors (Lipinski definition) is 3. The van der Waals surface area contributed by atoms with Crippen molar-refractivity contribution in [2.24, 2.45) is 7.05 Å². The largest absolute Gasteiger partial charge is 0.343 e. The van der Waals surface area contributed by atoms with E-state index in [1.54, 1.807) is 7.05 Å². The summed E-state index contributed by atoms with van der Waals surface area (Å²) in [5.74, 6) is -0.823. The first kappa shape index (κ1) is 12.5. The lowest BCUT2D eigenvalue weighted by molar-refractivity contribution is 0.614. The maximum atomic E-state index is 12.9.